The van der Waals surface area contributed by atoms with Crippen LogP contribution in [0, 0.1) is 0 Å². The van der Waals surface area contributed by atoms with Gasteiger partial charge in [0.15, 0.2) is 5.82 Å². The van der Waals surface area contributed by atoms with Crippen molar-refractivity contribution in [1.82, 2.24) is 23.7 Å². The molecule has 330 valence electrons. The van der Waals surface area contributed by atoms with Crippen molar-refractivity contribution in [2.24, 2.45) is 0 Å². The molecule has 4 aromatic heterocycles. The zero-order valence-electron chi connectivity index (χ0n) is 38.4. The first-order valence-corrected chi connectivity index (χ1v) is 24.2. The van der Waals surface area contributed by atoms with Crippen LogP contribution in [0.2, 0.25) is 0 Å². The van der Waals surface area contributed by atoms with Gasteiger partial charge in [0.2, 0.25) is 0 Å². The van der Waals surface area contributed by atoms with Gasteiger partial charge in [0.1, 0.15) is 0 Å². The van der Waals surface area contributed by atoms with Crippen molar-refractivity contribution in [3.63, 3.8) is 0 Å². The summed E-state index contributed by atoms with van der Waals surface area (Å²) in [5.41, 5.74) is 14.8. The summed E-state index contributed by atoms with van der Waals surface area (Å²) in [6, 6.07) is 89.8. The van der Waals surface area contributed by atoms with E-state index < -0.39 is 0 Å². The van der Waals surface area contributed by atoms with Gasteiger partial charge in [-0.05, 0) is 100 Å². The van der Waals surface area contributed by atoms with E-state index in [0.29, 0.717) is 5.82 Å². The number of aromatic nitrogens is 5. The molecule has 0 unspecified atom stereocenters. The lowest BCUT2D eigenvalue weighted by atomic mass is 9.94. The number of para-hydroxylation sites is 6. The first-order valence-electron chi connectivity index (χ1n) is 24.2. The zero-order valence-corrected chi connectivity index (χ0v) is 38.4. The summed E-state index contributed by atoms with van der Waals surface area (Å²) in [5, 5.41) is 11.9. The van der Waals surface area contributed by atoms with E-state index in [1.165, 1.54) is 54.1 Å². The normalized spacial score (nSPS) is 11.9. The number of hydrogen-bond donors (Lipinski definition) is 0. The molecule has 5 heteroatoms. The van der Waals surface area contributed by atoms with E-state index in [2.05, 4.69) is 262 Å². The highest BCUT2D eigenvalue weighted by molar-refractivity contribution is 6.14. The van der Waals surface area contributed by atoms with Gasteiger partial charge in [-0.2, -0.15) is 0 Å². The van der Waals surface area contributed by atoms with Gasteiger partial charge >= 0.3 is 0 Å². The quantitative estimate of drug-likeness (QED) is 0.156. The van der Waals surface area contributed by atoms with E-state index in [1.54, 1.807) is 0 Å². The molecule has 0 fully saturated rings. The summed E-state index contributed by atoms with van der Waals surface area (Å²) in [6.07, 6.45) is 0. The third-order valence-corrected chi connectivity index (χ3v) is 14.6. The maximum Gasteiger partial charge on any atom is 0.160 e. The SMILES string of the molecule is c1ccc2c(-c3cc(-c4ccc(-n5c6ccccc6c6ccccc65)cc4)nc(-c4cc(-n5c6ccccc6c6ccccc65)cc(-n5c6ccccc6c6ccccc65)c4)n3)c3ccccc3cc2c1. The van der Waals surface area contributed by atoms with Crippen LogP contribution in [-0.4, -0.2) is 23.7 Å². The van der Waals surface area contributed by atoms with Crippen molar-refractivity contribution in [2.75, 3.05) is 0 Å². The van der Waals surface area contributed by atoms with Gasteiger partial charge in [-0.25, -0.2) is 9.97 Å². The van der Waals surface area contributed by atoms with E-state index in [-0.39, 0.29) is 0 Å². The standard InChI is InChI=1S/C66H41N5/c1-3-19-49-43(17-1)37-44-18-2-4-20-50(44)65(49)58-41-57(42-33-35-46(36-34-42)69-59-27-11-5-21-51(59)52-22-6-12-28-60(52)69)67-66(68-58)45-38-47(70-61-29-13-7-23-53(61)54-24-8-14-30-62(54)70)40-48(39-45)71-63-31-15-9-25-55(63)56-26-10-16-32-64(56)71/h1-41H. The van der Waals surface area contributed by atoms with Gasteiger partial charge in [-0.15, -0.1) is 0 Å². The summed E-state index contributed by atoms with van der Waals surface area (Å²) in [4.78, 5) is 11.3. The molecule has 15 rings (SSSR count). The second kappa shape index (κ2) is 15.5. The monoisotopic (exact) mass is 903 g/mol. The molecule has 0 saturated carbocycles. The Hall–Kier alpha value is -9.58. The highest BCUT2D eigenvalue weighted by atomic mass is 15.0. The smallest absolute Gasteiger partial charge is 0.160 e. The molecule has 5 nitrogen and oxygen atoms in total. The number of hydrogen-bond acceptors (Lipinski definition) is 2. The minimum absolute atomic E-state index is 0.644. The van der Waals surface area contributed by atoms with Gasteiger partial charge in [-0.1, -0.05) is 170 Å². The largest absolute Gasteiger partial charge is 0.309 e. The van der Waals surface area contributed by atoms with Crippen molar-refractivity contribution < 1.29 is 0 Å². The molecule has 0 saturated heterocycles. The Bertz CT molecular complexity index is 4300. The second-order valence-electron chi connectivity index (χ2n) is 18.5. The van der Waals surface area contributed by atoms with Gasteiger partial charge in [-0.3, -0.25) is 0 Å². The van der Waals surface area contributed by atoms with E-state index >= 15 is 0 Å². The van der Waals surface area contributed by atoms with Gasteiger partial charge in [0.25, 0.3) is 0 Å². The number of rotatable bonds is 6. The molecule has 71 heavy (non-hydrogen) atoms. The maximum absolute atomic E-state index is 5.69. The van der Waals surface area contributed by atoms with Crippen LogP contribution < -0.4 is 0 Å². The lowest BCUT2D eigenvalue weighted by Gasteiger charge is -2.17. The second-order valence-corrected chi connectivity index (χ2v) is 18.5. The van der Waals surface area contributed by atoms with Gasteiger partial charge in [0.05, 0.1) is 44.5 Å². The molecule has 0 aliphatic heterocycles. The number of fused-ring (bicyclic) bond motifs is 11. The molecule has 0 amide bonds. The molecule has 0 radical (unpaired) electrons. The molecule has 0 bridgehead atoms. The Kier molecular flexibility index (Phi) is 8.59. The van der Waals surface area contributed by atoms with Crippen LogP contribution in [0.15, 0.2) is 249 Å². The predicted octanol–water partition coefficient (Wildman–Crippen LogP) is 17.1. The summed E-state index contributed by atoms with van der Waals surface area (Å²) in [7, 11) is 0. The molecule has 4 heterocycles. The molecule has 0 aliphatic rings. The van der Waals surface area contributed by atoms with Crippen LogP contribution in [0.3, 0.4) is 0 Å². The van der Waals surface area contributed by atoms with E-state index in [1.807, 2.05) is 0 Å². The minimum Gasteiger partial charge on any atom is -0.309 e. The van der Waals surface area contributed by atoms with E-state index in [0.717, 1.165) is 78.0 Å². The number of benzene rings is 11. The van der Waals surface area contributed by atoms with Crippen LogP contribution in [0.4, 0.5) is 0 Å². The molecule has 15 aromatic rings. The fourth-order valence-electron chi connectivity index (χ4n) is 11.5. The van der Waals surface area contributed by atoms with Gasteiger partial charge < -0.3 is 13.7 Å². The Morgan fingerprint density at radius 3 is 0.986 bits per heavy atom. The van der Waals surface area contributed by atoms with Crippen LogP contribution >= 0.6 is 0 Å². The minimum atomic E-state index is 0.644. The highest BCUT2D eigenvalue weighted by Crippen LogP contribution is 2.41. The van der Waals surface area contributed by atoms with Crippen LogP contribution in [0.25, 0.3) is 138 Å². The van der Waals surface area contributed by atoms with E-state index in [4.69, 9.17) is 9.97 Å². The third kappa shape index (κ3) is 6.06. The Morgan fingerprint density at radius 2 is 0.577 bits per heavy atom. The Morgan fingerprint density at radius 1 is 0.239 bits per heavy atom. The summed E-state index contributed by atoms with van der Waals surface area (Å²) < 4.78 is 7.17. The summed E-state index contributed by atoms with van der Waals surface area (Å²) in [6.45, 7) is 0. The maximum atomic E-state index is 5.69. The fraction of sp³-hybridized carbons (Fsp3) is 0. The topological polar surface area (TPSA) is 40.6 Å². The molecule has 11 aromatic carbocycles. The Balaban J connectivity index is 1.02. The molecule has 0 atom stereocenters. The molecular weight excluding hydrogens is 863 g/mol. The van der Waals surface area contributed by atoms with Crippen molar-refractivity contribution in [2.45, 2.75) is 0 Å². The predicted molar refractivity (Wildman–Crippen MR) is 296 cm³/mol. The van der Waals surface area contributed by atoms with Gasteiger partial charge in [0, 0.05) is 66.1 Å². The van der Waals surface area contributed by atoms with Crippen LogP contribution in [0.1, 0.15) is 0 Å². The number of nitrogens with zero attached hydrogens (tertiary/aromatic N) is 5. The highest BCUT2D eigenvalue weighted by Gasteiger charge is 2.21. The first-order chi connectivity index (χ1) is 35.2. The molecule has 0 spiro atoms. The zero-order chi connectivity index (χ0) is 46.6. The van der Waals surface area contributed by atoms with E-state index in [9.17, 15) is 0 Å². The molecule has 0 N–H and O–H groups in total. The molecular formula is C66H41N5. The van der Waals surface area contributed by atoms with Crippen LogP contribution in [-0.2, 0) is 0 Å². The fourth-order valence-corrected chi connectivity index (χ4v) is 11.5. The van der Waals surface area contributed by atoms with Crippen molar-refractivity contribution in [3.05, 3.63) is 249 Å². The summed E-state index contributed by atoms with van der Waals surface area (Å²) >= 11 is 0. The lowest BCUT2D eigenvalue weighted by Crippen LogP contribution is -2.02. The van der Waals surface area contributed by atoms with Crippen molar-refractivity contribution >= 4 is 87.0 Å². The average molecular weight is 904 g/mol. The Labute approximate surface area is 408 Å². The molecule has 0 aliphatic carbocycles. The van der Waals surface area contributed by atoms with Crippen molar-refractivity contribution in [1.29, 1.82) is 0 Å². The van der Waals surface area contributed by atoms with Crippen LogP contribution in [0.5, 0.6) is 0 Å². The van der Waals surface area contributed by atoms with Crippen molar-refractivity contribution in [3.8, 4) is 51.0 Å². The third-order valence-electron chi connectivity index (χ3n) is 14.6. The average Bonchev–Trinajstić information content (AvgIpc) is 4.08. The summed E-state index contributed by atoms with van der Waals surface area (Å²) in [5.74, 6) is 0.644. The first kappa shape index (κ1) is 39.4. The lowest BCUT2D eigenvalue weighted by molar-refractivity contribution is 1.12.